The van der Waals surface area contributed by atoms with Gasteiger partial charge < -0.3 is 5.48 Å². The van der Waals surface area contributed by atoms with Gasteiger partial charge in [-0.3, -0.25) is 0 Å². The maximum Gasteiger partial charge on any atom is -0.0500 e. The van der Waals surface area contributed by atoms with Crippen LogP contribution in [0.5, 0.6) is 0 Å². The minimum absolute atomic E-state index is 0. The Hall–Kier alpha value is 0.390. The van der Waals surface area contributed by atoms with E-state index in [0.717, 1.165) is 11.8 Å². The molecule has 0 rings (SSSR count). The van der Waals surface area contributed by atoms with E-state index in [9.17, 15) is 0 Å². The van der Waals surface area contributed by atoms with Crippen molar-refractivity contribution in [3.05, 3.63) is 0 Å². The van der Waals surface area contributed by atoms with Crippen molar-refractivity contribution in [2.45, 2.75) is 131 Å². The van der Waals surface area contributed by atoms with Gasteiger partial charge in [0, 0.05) is 0 Å². The largest absolute Gasteiger partial charge is 0.412 e. The highest BCUT2D eigenvalue weighted by Gasteiger charge is 1.68. The maximum atomic E-state index is 2.17. The molecule has 2 N–H and O–H groups in total. The Bertz CT molecular complexity index is 42.3. The van der Waals surface area contributed by atoms with Crippen molar-refractivity contribution < 1.29 is 5.48 Å². The van der Waals surface area contributed by atoms with Gasteiger partial charge in [-0.25, -0.2) is 0 Å². The fourth-order valence-corrected chi connectivity index (χ4v) is 0. The SMILES string of the molecule is C.CC.CC.CC.CC(C)C.CC(C)C.CCC.CCC.O.P. The summed E-state index contributed by atoms with van der Waals surface area (Å²) in [5, 5.41) is 0. The molecule has 0 aliphatic rings. The fraction of sp³-hybridized carbons (Fsp3) is 1.00. The lowest BCUT2D eigenvalue weighted by molar-refractivity contribution is 0.736. The maximum absolute atomic E-state index is 2.17. The van der Waals surface area contributed by atoms with E-state index in [1.165, 1.54) is 12.8 Å². The second-order valence-electron chi connectivity index (χ2n) is 4.88. The van der Waals surface area contributed by atoms with Crippen LogP contribution < -0.4 is 0 Å². The van der Waals surface area contributed by atoms with Crippen molar-refractivity contribution in [3.8, 4) is 0 Å². The summed E-state index contributed by atoms with van der Waals surface area (Å²) >= 11 is 0. The van der Waals surface area contributed by atoms with Crippen molar-refractivity contribution in [2.24, 2.45) is 11.8 Å². The third kappa shape index (κ3) is 61200. The molecule has 0 saturated carbocycles. The lowest BCUT2D eigenvalue weighted by atomic mass is 10.3. The molecule has 23 heavy (non-hydrogen) atoms. The zero-order chi connectivity index (χ0) is 18.6. The van der Waals surface area contributed by atoms with Crippen LogP contribution in [-0.2, 0) is 0 Å². The van der Waals surface area contributed by atoms with Crippen LogP contribution in [0.1, 0.15) is 131 Å². The van der Waals surface area contributed by atoms with Crippen LogP contribution in [0.25, 0.3) is 0 Å². The molecule has 0 aromatic heterocycles. The summed E-state index contributed by atoms with van der Waals surface area (Å²) < 4.78 is 0. The Balaban J connectivity index is -0.0000000107. The van der Waals surface area contributed by atoms with E-state index in [1.54, 1.807) is 0 Å². The minimum Gasteiger partial charge on any atom is -0.412 e. The number of hydrogen-bond acceptors (Lipinski definition) is 0. The second kappa shape index (κ2) is 146. The highest BCUT2D eigenvalue weighted by Crippen LogP contribution is 1.81. The third-order valence-electron chi connectivity index (χ3n) is 0. The van der Waals surface area contributed by atoms with Gasteiger partial charge in [-0.1, -0.05) is 131 Å². The average Bonchev–Trinajstić information content (AvgIpc) is 2.36. The molecule has 1 nitrogen and oxygen atoms in total. The first kappa shape index (κ1) is 65.4. The lowest BCUT2D eigenvalue weighted by Gasteiger charge is -1.79. The molecule has 1 unspecified atom stereocenters. The van der Waals surface area contributed by atoms with Crippen LogP contribution in [-0.4, -0.2) is 5.48 Å². The molecule has 0 saturated heterocycles. The van der Waals surface area contributed by atoms with Gasteiger partial charge >= 0.3 is 0 Å². The van der Waals surface area contributed by atoms with Crippen LogP contribution in [0.3, 0.4) is 0 Å². The van der Waals surface area contributed by atoms with Crippen LogP contribution >= 0.6 is 9.90 Å². The van der Waals surface area contributed by atoms with Gasteiger partial charge in [0.25, 0.3) is 0 Å². The lowest BCUT2D eigenvalue weighted by Crippen LogP contribution is -1.66. The number of hydrogen-bond donors (Lipinski definition) is 0. The molecular formula is C21H63OP. The Kier molecular flexibility index (Phi) is 414. The first-order valence-electron chi connectivity index (χ1n) is 9.29. The Morgan fingerprint density at radius 1 is 0.478 bits per heavy atom. The molecule has 2 heteroatoms. The van der Waals surface area contributed by atoms with Crippen molar-refractivity contribution in [1.29, 1.82) is 0 Å². The van der Waals surface area contributed by atoms with Gasteiger partial charge in [-0.05, 0) is 11.8 Å². The third-order valence-corrected chi connectivity index (χ3v) is 0. The monoisotopic (exact) mass is 362 g/mol. The molecular weight excluding hydrogens is 299 g/mol. The molecule has 0 bridgehead atoms. The molecule has 0 aromatic carbocycles. The molecule has 0 fully saturated rings. The summed E-state index contributed by atoms with van der Waals surface area (Å²) in [7, 11) is 0. The van der Waals surface area contributed by atoms with Crippen LogP contribution in [0.4, 0.5) is 0 Å². The van der Waals surface area contributed by atoms with Crippen molar-refractivity contribution in [3.63, 3.8) is 0 Å². The first-order valence-corrected chi connectivity index (χ1v) is 9.29. The molecule has 0 aliphatic heterocycles. The van der Waals surface area contributed by atoms with Crippen LogP contribution in [0.15, 0.2) is 0 Å². The Morgan fingerprint density at radius 2 is 0.478 bits per heavy atom. The van der Waals surface area contributed by atoms with Crippen molar-refractivity contribution in [2.75, 3.05) is 0 Å². The van der Waals surface area contributed by atoms with E-state index in [2.05, 4.69) is 69.2 Å². The van der Waals surface area contributed by atoms with Gasteiger partial charge in [0.2, 0.25) is 0 Å². The molecule has 0 amide bonds. The van der Waals surface area contributed by atoms with Crippen LogP contribution in [0.2, 0.25) is 0 Å². The molecule has 0 radical (unpaired) electrons. The van der Waals surface area contributed by atoms with E-state index >= 15 is 0 Å². The summed E-state index contributed by atoms with van der Waals surface area (Å²) in [6.45, 7) is 33.5. The van der Waals surface area contributed by atoms with Crippen molar-refractivity contribution in [1.82, 2.24) is 0 Å². The summed E-state index contributed by atoms with van der Waals surface area (Å²) in [5.41, 5.74) is 0. The topological polar surface area (TPSA) is 31.5 Å². The quantitative estimate of drug-likeness (QED) is 0.385. The summed E-state index contributed by atoms with van der Waals surface area (Å²) in [4.78, 5) is 0. The van der Waals surface area contributed by atoms with Gasteiger partial charge in [0.05, 0.1) is 0 Å². The minimum atomic E-state index is 0. The normalized spacial score (nSPS) is 5.48. The average molecular weight is 363 g/mol. The van der Waals surface area contributed by atoms with E-state index in [4.69, 9.17) is 0 Å². The zero-order valence-electron chi connectivity index (χ0n) is 19.8. The Morgan fingerprint density at radius 3 is 0.478 bits per heavy atom. The predicted molar refractivity (Wildman–Crippen MR) is 128 cm³/mol. The van der Waals surface area contributed by atoms with E-state index in [0.29, 0.717) is 0 Å². The standard InChI is InChI=1S/2C4H10.2C3H8.3C2H6.CH4.H2O.H3P/c2*1-4(2)3;2*1-3-2;3*1-2;;;/h2*4H,1-3H3;2*3H2,1-2H3;3*1-2H3;1H4;1H2;1H3. The van der Waals surface area contributed by atoms with Gasteiger partial charge in [-0.2, -0.15) is 9.90 Å². The molecule has 0 aliphatic carbocycles. The molecule has 0 heterocycles. The second-order valence-corrected chi connectivity index (χ2v) is 4.88. The van der Waals surface area contributed by atoms with E-state index in [1.807, 2.05) is 41.5 Å². The highest BCUT2D eigenvalue weighted by molar-refractivity contribution is 6.92. The van der Waals surface area contributed by atoms with Gasteiger partial charge in [-0.15, -0.1) is 0 Å². The molecule has 0 aromatic rings. The van der Waals surface area contributed by atoms with E-state index < -0.39 is 0 Å². The predicted octanol–water partition coefficient (Wildman–Crippen LogP) is 9.11. The van der Waals surface area contributed by atoms with E-state index in [-0.39, 0.29) is 22.8 Å². The van der Waals surface area contributed by atoms with Crippen LogP contribution in [0, 0.1) is 11.8 Å². The van der Waals surface area contributed by atoms with Crippen molar-refractivity contribution >= 4 is 9.90 Å². The number of rotatable bonds is 0. The summed E-state index contributed by atoms with van der Waals surface area (Å²) in [6, 6.07) is 0. The molecule has 1 atom stereocenters. The fourth-order valence-electron chi connectivity index (χ4n) is 0. The highest BCUT2D eigenvalue weighted by atomic mass is 31.0. The molecule has 0 spiro atoms. The smallest absolute Gasteiger partial charge is 0.0500 e. The Labute approximate surface area is 158 Å². The first-order chi connectivity index (χ1) is 9.29. The molecule has 158 valence electrons. The summed E-state index contributed by atoms with van der Waals surface area (Å²) in [6.07, 6.45) is 2.50. The van der Waals surface area contributed by atoms with Gasteiger partial charge in [0.1, 0.15) is 0 Å². The zero-order valence-corrected chi connectivity index (χ0v) is 21.2. The van der Waals surface area contributed by atoms with Gasteiger partial charge in [0.15, 0.2) is 0 Å². The summed E-state index contributed by atoms with van der Waals surface area (Å²) in [5.74, 6) is 1.67.